The summed E-state index contributed by atoms with van der Waals surface area (Å²) in [7, 11) is 0. The number of aromatic nitrogens is 1. The number of fused-ring (bicyclic) bond motifs is 6. The molecule has 7 aromatic carbocycles. The number of nitrogens with zero attached hydrogens (tertiary/aromatic N) is 2. The van der Waals surface area contributed by atoms with E-state index in [2.05, 4.69) is 179 Å². The molecule has 0 amide bonds. The lowest BCUT2D eigenvalue weighted by Crippen LogP contribution is -2.09. The van der Waals surface area contributed by atoms with Crippen molar-refractivity contribution in [2.75, 3.05) is 4.90 Å². The smallest absolute Gasteiger partial charge is 0.0555 e. The van der Waals surface area contributed by atoms with Gasteiger partial charge in [-0.1, -0.05) is 97.1 Å². The highest BCUT2D eigenvalue weighted by atomic mass is 32.1. The SMILES string of the molecule is c1ccc(N(c2ccccc2)c2ccc(-c3ccc(-n4c5ccccc5c5cc6c(cc54)sc4ccccc46)cc3)cc2)cc1. The Bertz CT molecular complexity index is 2410. The number of hydrogen-bond acceptors (Lipinski definition) is 2. The van der Waals surface area contributed by atoms with Crippen LogP contribution in [-0.2, 0) is 0 Å². The zero-order valence-corrected chi connectivity index (χ0v) is 25.3. The van der Waals surface area contributed by atoms with Crippen LogP contribution in [0.4, 0.5) is 17.1 Å². The van der Waals surface area contributed by atoms with Gasteiger partial charge < -0.3 is 9.47 Å². The van der Waals surface area contributed by atoms with Crippen molar-refractivity contribution in [2.24, 2.45) is 0 Å². The van der Waals surface area contributed by atoms with E-state index in [0.717, 1.165) is 17.1 Å². The van der Waals surface area contributed by atoms with Gasteiger partial charge in [-0.2, -0.15) is 0 Å². The Hall–Kier alpha value is -5.64. The predicted molar refractivity (Wildman–Crippen MR) is 194 cm³/mol. The van der Waals surface area contributed by atoms with Crippen LogP contribution in [0.1, 0.15) is 0 Å². The predicted octanol–water partition coefficient (Wildman–Crippen LogP) is 12.3. The molecule has 0 saturated heterocycles. The highest BCUT2D eigenvalue weighted by Crippen LogP contribution is 2.41. The Labute approximate surface area is 265 Å². The van der Waals surface area contributed by atoms with E-state index in [-0.39, 0.29) is 0 Å². The summed E-state index contributed by atoms with van der Waals surface area (Å²) < 4.78 is 5.07. The lowest BCUT2D eigenvalue weighted by Gasteiger charge is -2.25. The van der Waals surface area contributed by atoms with E-state index in [4.69, 9.17) is 0 Å². The first-order valence-electron chi connectivity index (χ1n) is 15.3. The summed E-state index contributed by atoms with van der Waals surface area (Å²) in [4.78, 5) is 2.29. The number of para-hydroxylation sites is 3. The van der Waals surface area contributed by atoms with E-state index in [0.29, 0.717) is 0 Å². The van der Waals surface area contributed by atoms with Gasteiger partial charge in [-0.15, -0.1) is 11.3 Å². The first-order valence-corrected chi connectivity index (χ1v) is 16.1. The van der Waals surface area contributed by atoms with Crippen molar-refractivity contribution in [3.8, 4) is 16.8 Å². The molecule has 0 spiro atoms. The van der Waals surface area contributed by atoms with Crippen LogP contribution >= 0.6 is 11.3 Å². The number of benzene rings is 7. The molecule has 0 N–H and O–H groups in total. The van der Waals surface area contributed by atoms with Crippen LogP contribution < -0.4 is 4.90 Å². The second-order valence-corrected chi connectivity index (χ2v) is 12.5. The van der Waals surface area contributed by atoms with Gasteiger partial charge in [0.1, 0.15) is 0 Å². The maximum Gasteiger partial charge on any atom is 0.0555 e. The van der Waals surface area contributed by atoms with E-state index in [1.165, 1.54) is 58.8 Å². The highest BCUT2D eigenvalue weighted by molar-refractivity contribution is 7.25. The highest BCUT2D eigenvalue weighted by Gasteiger charge is 2.16. The second-order valence-electron chi connectivity index (χ2n) is 11.4. The van der Waals surface area contributed by atoms with Gasteiger partial charge in [-0.3, -0.25) is 0 Å². The monoisotopic (exact) mass is 592 g/mol. The molecule has 0 saturated carbocycles. The summed E-state index contributed by atoms with van der Waals surface area (Å²) in [6.45, 7) is 0. The normalized spacial score (nSPS) is 11.6. The molecule has 2 aromatic heterocycles. The van der Waals surface area contributed by atoms with Gasteiger partial charge in [0.2, 0.25) is 0 Å². The van der Waals surface area contributed by atoms with Crippen molar-refractivity contribution in [1.82, 2.24) is 4.57 Å². The van der Waals surface area contributed by atoms with Crippen molar-refractivity contribution in [3.63, 3.8) is 0 Å². The first kappa shape index (κ1) is 25.8. The Balaban J connectivity index is 1.11. The van der Waals surface area contributed by atoms with Gasteiger partial charge in [-0.05, 0) is 83.9 Å². The minimum Gasteiger partial charge on any atom is -0.311 e. The van der Waals surface area contributed by atoms with Crippen LogP contribution in [0, 0.1) is 0 Å². The van der Waals surface area contributed by atoms with Crippen LogP contribution in [0.25, 0.3) is 58.8 Å². The Morgan fingerprint density at radius 1 is 0.378 bits per heavy atom. The molecule has 0 fully saturated rings. The number of thiophene rings is 1. The molecule has 2 nitrogen and oxygen atoms in total. The van der Waals surface area contributed by atoms with Gasteiger partial charge in [0.05, 0.1) is 11.0 Å². The van der Waals surface area contributed by atoms with Gasteiger partial charge >= 0.3 is 0 Å². The standard InChI is InChI=1S/C42H28N2S/c1-3-11-31(12-4-1)43(32-13-5-2-6-14-32)33-23-19-29(20-24-33)30-21-25-34(26-22-30)44-39-17-9-7-15-35(39)37-27-38-36-16-8-10-18-41(36)45-42(38)28-40(37)44/h1-28H. The summed E-state index contributed by atoms with van der Waals surface area (Å²) >= 11 is 1.87. The fraction of sp³-hybridized carbons (Fsp3) is 0. The topological polar surface area (TPSA) is 8.17 Å². The summed E-state index contributed by atoms with van der Waals surface area (Å²) in [5.74, 6) is 0. The minimum absolute atomic E-state index is 1.13. The second kappa shape index (κ2) is 10.5. The Morgan fingerprint density at radius 2 is 0.933 bits per heavy atom. The molecular weight excluding hydrogens is 565 g/mol. The first-order chi connectivity index (χ1) is 22.3. The van der Waals surface area contributed by atoms with Gasteiger partial charge in [0.15, 0.2) is 0 Å². The minimum atomic E-state index is 1.13. The van der Waals surface area contributed by atoms with Crippen molar-refractivity contribution >= 4 is 70.4 Å². The van der Waals surface area contributed by atoms with E-state index < -0.39 is 0 Å². The summed E-state index contributed by atoms with van der Waals surface area (Å²) in [5.41, 5.74) is 9.44. The fourth-order valence-electron chi connectivity index (χ4n) is 6.67. The average molecular weight is 593 g/mol. The molecule has 0 aliphatic heterocycles. The van der Waals surface area contributed by atoms with Crippen LogP contribution in [0.2, 0.25) is 0 Å². The van der Waals surface area contributed by atoms with E-state index in [1.807, 2.05) is 11.3 Å². The summed E-state index contributed by atoms with van der Waals surface area (Å²) in [6.07, 6.45) is 0. The van der Waals surface area contributed by atoms with Crippen molar-refractivity contribution in [2.45, 2.75) is 0 Å². The molecule has 0 unspecified atom stereocenters. The molecular formula is C42H28N2S. The molecule has 2 heterocycles. The van der Waals surface area contributed by atoms with E-state index in [9.17, 15) is 0 Å². The number of rotatable bonds is 5. The number of anilines is 3. The Kier molecular flexibility index (Phi) is 6.03. The van der Waals surface area contributed by atoms with Gasteiger partial charge in [-0.25, -0.2) is 0 Å². The van der Waals surface area contributed by atoms with Crippen molar-refractivity contribution in [1.29, 1.82) is 0 Å². The Morgan fingerprint density at radius 3 is 1.62 bits per heavy atom. The lowest BCUT2D eigenvalue weighted by atomic mass is 10.0. The molecule has 3 heteroatoms. The van der Waals surface area contributed by atoms with Crippen LogP contribution in [0.3, 0.4) is 0 Å². The molecule has 0 aliphatic carbocycles. The molecule has 0 bridgehead atoms. The van der Waals surface area contributed by atoms with E-state index >= 15 is 0 Å². The summed E-state index contributed by atoms with van der Waals surface area (Å²) in [5, 5.41) is 5.25. The molecule has 212 valence electrons. The molecule has 0 radical (unpaired) electrons. The molecule has 0 aliphatic rings. The number of hydrogen-bond donors (Lipinski definition) is 0. The lowest BCUT2D eigenvalue weighted by molar-refractivity contribution is 1.18. The van der Waals surface area contributed by atoms with E-state index in [1.54, 1.807) is 0 Å². The van der Waals surface area contributed by atoms with Crippen LogP contribution in [-0.4, -0.2) is 4.57 Å². The average Bonchev–Trinajstić information content (AvgIpc) is 3.63. The fourth-order valence-corrected chi connectivity index (χ4v) is 7.79. The van der Waals surface area contributed by atoms with Crippen molar-refractivity contribution in [3.05, 3.63) is 170 Å². The van der Waals surface area contributed by atoms with Gasteiger partial charge in [0, 0.05) is 53.7 Å². The molecule has 45 heavy (non-hydrogen) atoms. The third-order valence-electron chi connectivity index (χ3n) is 8.78. The third kappa shape index (κ3) is 4.32. The van der Waals surface area contributed by atoms with Gasteiger partial charge in [0.25, 0.3) is 0 Å². The third-order valence-corrected chi connectivity index (χ3v) is 9.92. The van der Waals surface area contributed by atoms with Crippen LogP contribution in [0.5, 0.6) is 0 Å². The zero-order valence-electron chi connectivity index (χ0n) is 24.5. The van der Waals surface area contributed by atoms with Crippen molar-refractivity contribution < 1.29 is 0 Å². The van der Waals surface area contributed by atoms with Crippen LogP contribution in [0.15, 0.2) is 170 Å². The zero-order chi connectivity index (χ0) is 29.7. The molecule has 9 rings (SSSR count). The summed E-state index contributed by atoms with van der Waals surface area (Å²) in [6, 6.07) is 61.2. The maximum atomic E-state index is 2.42. The molecule has 9 aromatic rings. The maximum absolute atomic E-state index is 2.42. The largest absolute Gasteiger partial charge is 0.311 e. The molecule has 0 atom stereocenters. The quantitative estimate of drug-likeness (QED) is 0.193.